The summed E-state index contributed by atoms with van der Waals surface area (Å²) in [5, 5.41) is 1.73. The van der Waals surface area contributed by atoms with E-state index in [9.17, 15) is 8.42 Å². The number of hydrogen-bond acceptors (Lipinski definition) is 4. The van der Waals surface area contributed by atoms with E-state index in [-0.39, 0.29) is 5.03 Å². The van der Waals surface area contributed by atoms with Crippen LogP contribution in [0, 0.1) is 0 Å². The number of nitrogens with one attached hydrogen (secondary N) is 2. The molecular weight excluding hydrogens is 288 g/mol. The highest BCUT2D eigenvalue weighted by Gasteiger charge is 2.18. The van der Waals surface area contributed by atoms with Crippen molar-refractivity contribution in [2.24, 2.45) is 0 Å². The average molecular weight is 302 g/mol. The first-order valence-electron chi connectivity index (χ1n) is 6.49. The van der Waals surface area contributed by atoms with Gasteiger partial charge in [0.2, 0.25) is 0 Å². The predicted molar refractivity (Wildman–Crippen MR) is 80.5 cm³/mol. The van der Waals surface area contributed by atoms with Gasteiger partial charge in [0.05, 0.1) is 11.9 Å². The topological polar surface area (TPSA) is 87.7 Å². The fourth-order valence-electron chi connectivity index (χ4n) is 2.07. The van der Waals surface area contributed by atoms with E-state index in [0.717, 1.165) is 10.8 Å². The van der Waals surface area contributed by atoms with Gasteiger partial charge in [-0.2, -0.15) is 8.42 Å². The van der Waals surface area contributed by atoms with Crippen LogP contribution in [0.2, 0.25) is 0 Å². The van der Waals surface area contributed by atoms with E-state index in [1.165, 1.54) is 6.20 Å². The number of aromatic amines is 1. The summed E-state index contributed by atoms with van der Waals surface area (Å²) in [5.41, 5.74) is 0.516. The zero-order valence-electron chi connectivity index (χ0n) is 11.4. The standard InChI is InChI=1S/C14H14N4O2S/c1-2-13-16-9-14(17-13)21(19,20)18-12-5-3-4-10-8-15-7-6-11(10)12/h3-9,18H,2H2,1H3,(H,16,17). The van der Waals surface area contributed by atoms with Crippen molar-refractivity contribution in [1.29, 1.82) is 0 Å². The van der Waals surface area contributed by atoms with Crippen molar-refractivity contribution in [1.82, 2.24) is 15.0 Å². The molecule has 7 heteroatoms. The van der Waals surface area contributed by atoms with Crippen LogP contribution in [0.4, 0.5) is 5.69 Å². The lowest BCUT2D eigenvalue weighted by molar-refractivity contribution is 0.598. The Morgan fingerprint density at radius 3 is 2.86 bits per heavy atom. The van der Waals surface area contributed by atoms with Crippen LogP contribution in [0.3, 0.4) is 0 Å². The molecule has 1 aromatic carbocycles. The number of fused-ring (bicyclic) bond motifs is 1. The molecule has 0 unspecified atom stereocenters. The number of aryl methyl sites for hydroxylation is 1. The molecule has 3 aromatic rings. The van der Waals surface area contributed by atoms with Crippen molar-refractivity contribution in [3.8, 4) is 0 Å². The summed E-state index contributed by atoms with van der Waals surface area (Å²) < 4.78 is 27.3. The minimum Gasteiger partial charge on any atom is -0.332 e. The Labute approximate surface area is 122 Å². The Bertz CT molecular complexity index is 881. The van der Waals surface area contributed by atoms with Crippen molar-refractivity contribution < 1.29 is 8.42 Å². The molecular formula is C14H14N4O2S. The van der Waals surface area contributed by atoms with Gasteiger partial charge < -0.3 is 4.98 Å². The smallest absolute Gasteiger partial charge is 0.279 e. The molecule has 0 radical (unpaired) electrons. The van der Waals surface area contributed by atoms with Gasteiger partial charge in [0.25, 0.3) is 10.0 Å². The van der Waals surface area contributed by atoms with Crippen LogP contribution in [0.15, 0.2) is 47.9 Å². The summed E-state index contributed by atoms with van der Waals surface area (Å²) in [7, 11) is -3.68. The molecule has 0 spiro atoms. The molecule has 0 saturated heterocycles. The Kier molecular flexibility index (Phi) is 3.34. The number of aromatic nitrogens is 3. The SMILES string of the molecule is CCc1ncc(S(=O)(=O)Nc2cccc3cnccc23)[nH]1. The Morgan fingerprint density at radius 1 is 1.24 bits per heavy atom. The van der Waals surface area contributed by atoms with Gasteiger partial charge in [-0.1, -0.05) is 19.1 Å². The van der Waals surface area contributed by atoms with Crippen LogP contribution < -0.4 is 4.72 Å². The maximum atomic E-state index is 12.4. The summed E-state index contributed by atoms with van der Waals surface area (Å²) >= 11 is 0. The Balaban J connectivity index is 2.01. The number of hydrogen-bond donors (Lipinski definition) is 2. The lowest BCUT2D eigenvalue weighted by atomic mass is 10.1. The summed E-state index contributed by atoms with van der Waals surface area (Å²) in [6, 6.07) is 7.16. The number of nitrogens with zero attached hydrogens (tertiary/aromatic N) is 2. The van der Waals surface area contributed by atoms with Crippen molar-refractivity contribution in [2.75, 3.05) is 4.72 Å². The second-order valence-corrected chi connectivity index (χ2v) is 6.21. The van der Waals surface area contributed by atoms with Gasteiger partial charge in [0.1, 0.15) is 5.82 Å². The van der Waals surface area contributed by atoms with Gasteiger partial charge in [-0.05, 0) is 12.1 Å². The first-order valence-corrected chi connectivity index (χ1v) is 7.98. The van der Waals surface area contributed by atoms with Gasteiger partial charge in [-0.15, -0.1) is 0 Å². The second-order valence-electron chi connectivity index (χ2n) is 4.56. The van der Waals surface area contributed by atoms with Crippen LogP contribution in [0.5, 0.6) is 0 Å². The van der Waals surface area contributed by atoms with E-state index >= 15 is 0 Å². The summed E-state index contributed by atoms with van der Waals surface area (Å²) in [5.74, 6) is 0.637. The maximum absolute atomic E-state index is 12.4. The molecule has 2 heterocycles. The molecule has 2 N–H and O–H groups in total. The highest BCUT2D eigenvalue weighted by atomic mass is 32.2. The third-order valence-corrected chi connectivity index (χ3v) is 4.43. The van der Waals surface area contributed by atoms with Crippen LogP contribution in [0.25, 0.3) is 10.8 Å². The van der Waals surface area contributed by atoms with E-state index in [2.05, 4.69) is 19.7 Å². The summed E-state index contributed by atoms with van der Waals surface area (Å²) in [4.78, 5) is 10.8. The van der Waals surface area contributed by atoms with Gasteiger partial charge in [-0.3, -0.25) is 9.71 Å². The van der Waals surface area contributed by atoms with Gasteiger partial charge >= 0.3 is 0 Å². The molecule has 0 fully saturated rings. The quantitative estimate of drug-likeness (QED) is 0.774. The first-order chi connectivity index (χ1) is 10.1. The minimum atomic E-state index is -3.68. The van der Waals surface area contributed by atoms with Gasteiger partial charge in [0, 0.05) is 29.6 Å². The Morgan fingerprint density at radius 2 is 2.10 bits per heavy atom. The van der Waals surface area contributed by atoms with Crippen molar-refractivity contribution in [2.45, 2.75) is 18.4 Å². The fraction of sp³-hybridized carbons (Fsp3) is 0.143. The van der Waals surface area contributed by atoms with E-state index in [1.807, 2.05) is 13.0 Å². The number of sulfonamides is 1. The molecule has 0 aliphatic rings. The van der Waals surface area contributed by atoms with E-state index < -0.39 is 10.0 Å². The normalized spacial score (nSPS) is 11.7. The largest absolute Gasteiger partial charge is 0.332 e. The Hall–Kier alpha value is -2.41. The van der Waals surface area contributed by atoms with E-state index in [0.29, 0.717) is 17.9 Å². The molecule has 3 rings (SSSR count). The highest BCUT2D eigenvalue weighted by Crippen LogP contribution is 2.24. The second kappa shape index (κ2) is 5.17. The zero-order chi connectivity index (χ0) is 14.9. The third-order valence-electron chi connectivity index (χ3n) is 3.15. The molecule has 0 aliphatic heterocycles. The molecule has 2 aromatic heterocycles. The molecule has 0 atom stereocenters. The van der Waals surface area contributed by atoms with Gasteiger partial charge in [0.15, 0.2) is 5.03 Å². The van der Waals surface area contributed by atoms with E-state index in [1.54, 1.807) is 30.6 Å². The van der Waals surface area contributed by atoms with Crippen LogP contribution in [-0.2, 0) is 16.4 Å². The van der Waals surface area contributed by atoms with E-state index in [4.69, 9.17) is 0 Å². The van der Waals surface area contributed by atoms with Crippen molar-refractivity contribution in [3.63, 3.8) is 0 Å². The summed E-state index contributed by atoms with van der Waals surface area (Å²) in [6.07, 6.45) is 5.30. The number of H-pyrrole nitrogens is 1. The fourth-order valence-corrected chi connectivity index (χ4v) is 3.09. The highest BCUT2D eigenvalue weighted by molar-refractivity contribution is 7.92. The number of pyridine rings is 1. The van der Waals surface area contributed by atoms with Crippen molar-refractivity contribution >= 4 is 26.5 Å². The molecule has 21 heavy (non-hydrogen) atoms. The maximum Gasteiger partial charge on any atom is 0.279 e. The summed E-state index contributed by atoms with van der Waals surface area (Å²) in [6.45, 7) is 1.90. The predicted octanol–water partition coefficient (Wildman–Crippen LogP) is 2.32. The van der Waals surface area contributed by atoms with Crippen LogP contribution in [-0.4, -0.2) is 23.4 Å². The monoisotopic (exact) mass is 302 g/mol. The van der Waals surface area contributed by atoms with Crippen LogP contribution in [0.1, 0.15) is 12.7 Å². The minimum absolute atomic E-state index is 0.0606. The lowest BCUT2D eigenvalue weighted by Crippen LogP contribution is -2.13. The van der Waals surface area contributed by atoms with Gasteiger partial charge in [-0.25, -0.2) is 4.98 Å². The van der Waals surface area contributed by atoms with Crippen molar-refractivity contribution in [3.05, 3.63) is 48.7 Å². The molecule has 0 bridgehead atoms. The van der Waals surface area contributed by atoms with Crippen LogP contribution >= 0.6 is 0 Å². The number of rotatable bonds is 4. The number of anilines is 1. The first kappa shape index (κ1) is 13.6. The molecule has 108 valence electrons. The number of benzene rings is 1. The average Bonchev–Trinajstić information content (AvgIpc) is 2.97. The molecule has 0 saturated carbocycles. The molecule has 0 aliphatic carbocycles. The number of imidazole rings is 1. The molecule has 6 nitrogen and oxygen atoms in total. The third kappa shape index (κ3) is 2.59. The lowest BCUT2D eigenvalue weighted by Gasteiger charge is -2.09. The zero-order valence-corrected chi connectivity index (χ0v) is 12.2. The molecule has 0 amide bonds.